The Kier molecular flexibility index (Phi) is 3.14. The Labute approximate surface area is 97.7 Å². The van der Waals surface area contributed by atoms with E-state index < -0.39 is 11.6 Å². The van der Waals surface area contributed by atoms with Gasteiger partial charge in [0.25, 0.3) is 0 Å². The van der Waals surface area contributed by atoms with Crippen LogP contribution in [0.15, 0.2) is 18.2 Å². The zero-order chi connectivity index (χ0) is 11.7. The van der Waals surface area contributed by atoms with Gasteiger partial charge in [0.1, 0.15) is 11.6 Å². The third-order valence-corrected chi connectivity index (χ3v) is 2.92. The lowest BCUT2D eigenvalue weighted by atomic mass is 10.2. The van der Waals surface area contributed by atoms with Crippen LogP contribution in [0.3, 0.4) is 0 Å². The number of nitrogens with zero attached hydrogens (tertiary/aromatic N) is 1. The Morgan fingerprint density at radius 3 is 2.75 bits per heavy atom. The minimum atomic E-state index is -0.615. The van der Waals surface area contributed by atoms with E-state index in [0.29, 0.717) is 18.5 Å². The Balaban J connectivity index is 2.12. The van der Waals surface area contributed by atoms with E-state index in [1.165, 1.54) is 17.0 Å². The van der Waals surface area contributed by atoms with Crippen molar-refractivity contribution in [2.24, 2.45) is 0 Å². The van der Waals surface area contributed by atoms with Crippen LogP contribution < -0.4 is 0 Å². The highest BCUT2D eigenvalue weighted by atomic mass is 32.1. The number of amides is 1. The fraction of sp³-hybridized carbons (Fsp3) is 0.364. The van der Waals surface area contributed by atoms with Crippen molar-refractivity contribution < 1.29 is 13.6 Å². The third kappa shape index (κ3) is 2.35. The molecule has 1 unspecified atom stereocenters. The second-order valence-corrected chi connectivity index (χ2v) is 4.60. The van der Waals surface area contributed by atoms with Gasteiger partial charge in [-0.15, -0.1) is 0 Å². The molecule has 1 aliphatic rings. The summed E-state index contributed by atoms with van der Waals surface area (Å²) in [6.45, 7) is 0.695. The molecule has 2 nitrogen and oxygen atoms in total. The van der Waals surface area contributed by atoms with Gasteiger partial charge >= 0.3 is 0 Å². The number of thiol groups is 1. The number of hydrogen-bond acceptors (Lipinski definition) is 2. The average Bonchev–Trinajstić information content (AvgIpc) is 2.50. The van der Waals surface area contributed by atoms with Gasteiger partial charge in [0, 0.05) is 36.4 Å². The number of benzene rings is 1. The van der Waals surface area contributed by atoms with Gasteiger partial charge in [-0.1, -0.05) is 6.07 Å². The van der Waals surface area contributed by atoms with Gasteiger partial charge < -0.3 is 4.90 Å². The quantitative estimate of drug-likeness (QED) is 0.788. The summed E-state index contributed by atoms with van der Waals surface area (Å²) in [4.78, 5) is 13.0. The summed E-state index contributed by atoms with van der Waals surface area (Å²) in [6, 6.07) is 3.38. The minimum Gasteiger partial charge on any atom is -0.337 e. The highest BCUT2D eigenvalue weighted by Crippen LogP contribution is 2.20. The van der Waals surface area contributed by atoms with Crippen LogP contribution in [-0.2, 0) is 11.3 Å². The first-order valence-corrected chi connectivity index (χ1v) is 5.47. The molecule has 0 aromatic heterocycles. The standard InChI is InChI=1S/C11H11F2NOS/c12-8-2-1-7(10(13)3-8)5-14-6-9(16)4-11(14)15/h1-3,9,16H,4-6H2. The van der Waals surface area contributed by atoms with E-state index in [1.807, 2.05) is 0 Å². The van der Waals surface area contributed by atoms with Gasteiger partial charge in [0.2, 0.25) is 5.91 Å². The zero-order valence-corrected chi connectivity index (χ0v) is 9.38. The summed E-state index contributed by atoms with van der Waals surface area (Å²) < 4.78 is 26.0. The average molecular weight is 243 g/mol. The molecule has 0 spiro atoms. The lowest BCUT2D eigenvalue weighted by Gasteiger charge is -2.16. The van der Waals surface area contributed by atoms with Crippen LogP contribution in [0.4, 0.5) is 8.78 Å². The van der Waals surface area contributed by atoms with Gasteiger partial charge in [-0.25, -0.2) is 8.78 Å². The van der Waals surface area contributed by atoms with Crippen molar-refractivity contribution in [1.29, 1.82) is 0 Å². The fourth-order valence-electron chi connectivity index (χ4n) is 1.76. The fourth-order valence-corrected chi connectivity index (χ4v) is 2.11. The molecule has 1 amide bonds. The molecule has 1 atom stereocenters. The molecular formula is C11H11F2NOS. The van der Waals surface area contributed by atoms with Crippen molar-refractivity contribution in [3.63, 3.8) is 0 Å². The van der Waals surface area contributed by atoms with Crippen LogP contribution in [0.5, 0.6) is 0 Å². The maximum Gasteiger partial charge on any atom is 0.224 e. The summed E-state index contributed by atoms with van der Waals surface area (Å²) >= 11 is 4.20. The Morgan fingerprint density at radius 1 is 1.44 bits per heavy atom. The van der Waals surface area contributed by atoms with Gasteiger partial charge in [-0.3, -0.25) is 4.79 Å². The molecule has 1 aliphatic heterocycles. The maximum atomic E-state index is 13.3. The normalized spacial score (nSPS) is 20.6. The van der Waals surface area contributed by atoms with E-state index in [2.05, 4.69) is 12.6 Å². The highest BCUT2D eigenvalue weighted by molar-refractivity contribution is 7.81. The van der Waals surface area contributed by atoms with Crippen LogP contribution in [0, 0.1) is 11.6 Å². The Hall–Kier alpha value is -1.10. The molecule has 86 valence electrons. The molecule has 0 saturated carbocycles. The number of hydrogen-bond donors (Lipinski definition) is 1. The second-order valence-electron chi connectivity index (χ2n) is 3.87. The lowest BCUT2D eigenvalue weighted by molar-refractivity contribution is -0.128. The Morgan fingerprint density at radius 2 is 2.19 bits per heavy atom. The SMILES string of the molecule is O=C1CC(S)CN1Cc1ccc(F)cc1F. The molecule has 1 aromatic carbocycles. The molecule has 0 bridgehead atoms. The number of carbonyl (C=O) groups is 1. The molecule has 1 aromatic rings. The molecule has 1 saturated heterocycles. The van der Waals surface area contributed by atoms with E-state index in [1.54, 1.807) is 0 Å². The molecule has 0 radical (unpaired) electrons. The van der Waals surface area contributed by atoms with Crippen LogP contribution in [-0.4, -0.2) is 22.6 Å². The van der Waals surface area contributed by atoms with Crippen molar-refractivity contribution in [2.75, 3.05) is 6.54 Å². The van der Waals surface area contributed by atoms with E-state index in [9.17, 15) is 13.6 Å². The molecule has 2 rings (SSSR count). The number of likely N-dealkylation sites (tertiary alicyclic amines) is 1. The topological polar surface area (TPSA) is 20.3 Å². The molecule has 0 N–H and O–H groups in total. The summed E-state index contributed by atoms with van der Waals surface area (Å²) in [5, 5.41) is 0.0102. The molecule has 16 heavy (non-hydrogen) atoms. The largest absolute Gasteiger partial charge is 0.337 e. The van der Waals surface area contributed by atoms with Crippen molar-refractivity contribution in [2.45, 2.75) is 18.2 Å². The van der Waals surface area contributed by atoms with Crippen LogP contribution in [0.25, 0.3) is 0 Å². The lowest BCUT2D eigenvalue weighted by Crippen LogP contribution is -2.25. The van der Waals surface area contributed by atoms with Crippen molar-refractivity contribution in [3.8, 4) is 0 Å². The molecule has 5 heteroatoms. The van der Waals surface area contributed by atoms with Crippen molar-refractivity contribution >= 4 is 18.5 Å². The first-order chi connectivity index (χ1) is 7.56. The van der Waals surface area contributed by atoms with Gasteiger partial charge in [-0.2, -0.15) is 12.6 Å². The van der Waals surface area contributed by atoms with E-state index in [4.69, 9.17) is 0 Å². The monoisotopic (exact) mass is 243 g/mol. The number of halogens is 2. The van der Waals surface area contributed by atoms with Crippen LogP contribution in [0.1, 0.15) is 12.0 Å². The van der Waals surface area contributed by atoms with Crippen molar-refractivity contribution in [1.82, 2.24) is 4.90 Å². The number of rotatable bonds is 2. The summed E-state index contributed by atoms with van der Waals surface area (Å²) in [5.41, 5.74) is 0.331. The number of carbonyl (C=O) groups excluding carboxylic acids is 1. The van der Waals surface area contributed by atoms with E-state index >= 15 is 0 Å². The second kappa shape index (κ2) is 4.41. The smallest absolute Gasteiger partial charge is 0.224 e. The summed E-state index contributed by atoms with van der Waals surface area (Å²) in [7, 11) is 0. The molecule has 1 heterocycles. The van der Waals surface area contributed by atoms with Gasteiger partial charge in [0.05, 0.1) is 0 Å². The molecule has 0 aliphatic carbocycles. The van der Waals surface area contributed by atoms with E-state index in [-0.39, 0.29) is 17.7 Å². The first-order valence-electron chi connectivity index (χ1n) is 4.96. The zero-order valence-electron chi connectivity index (χ0n) is 8.49. The minimum absolute atomic E-state index is 0.0102. The predicted molar refractivity (Wildman–Crippen MR) is 59.2 cm³/mol. The van der Waals surface area contributed by atoms with Gasteiger partial charge in [-0.05, 0) is 6.07 Å². The Bertz CT molecular complexity index is 424. The molecular weight excluding hydrogens is 232 g/mol. The molecule has 1 fully saturated rings. The van der Waals surface area contributed by atoms with Crippen molar-refractivity contribution in [3.05, 3.63) is 35.4 Å². The highest BCUT2D eigenvalue weighted by Gasteiger charge is 2.27. The summed E-state index contributed by atoms with van der Waals surface area (Å²) in [6.07, 6.45) is 0.381. The van der Waals surface area contributed by atoms with Gasteiger partial charge in [0.15, 0.2) is 0 Å². The first kappa shape index (κ1) is 11.4. The summed E-state index contributed by atoms with van der Waals surface area (Å²) in [5.74, 6) is -1.26. The predicted octanol–water partition coefficient (Wildman–Crippen LogP) is 2.00. The van der Waals surface area contributed by atoms with Crippen LogP contribution >= 0.6 is 12.6 Å². The van der Waals surface area contributed by atoms with E-state index in [0.717, 1.165) is 6.07 Å². The van der Waals surface area contributed by atoms with Crippen LogP contribution in [0.2, 0.25) is 0 Å². The third-order valence-electron chi connectivity index (χ3n) is 2.57. The maximum absolute atomic E-state index is 13.3.